The largest absolute Gasteiger partial charge is 0.468 e. The van der Waals surface area contributed by atoms with Crippen molar-refractivity contribution in [3.8, 4) is 0 Å². The third kappa shape index (κ3) is 4.34. The van der Waals surface area contributed by atoms with Crippen molar-refractivity contribution in [3.05, 3.63) is 53.7 Å². The van der Waals surface area contributed by atoms with Crippen LogP contribution in [0, 0.1) is 12.3 Å². The summed E-state index contributed by atoms with van der Waals surface area (Å²) < 4.78 is 17.4. The van der Waals surface area contributed by atoms with E-state index in [1.54, 1.807) is 6.26 Å². The van der Waals surface area contributed by atoms with Crippen LogP contribution in [-0.2, 0) is 22.6 Å². The van der Waals surface area contributed by atoms with Crippen molar-refractivity contribution in [2.24, 2.45) is 5.41 Å². The Labute approximate surface area is 155 Å². The van der Waals surface area contributed by atoms with E-state index in [1.807, 2.05) is 31.2 Å². The zero-order valence-corrected chi connectivity index (χ0v) is 15.5. The molecule has 1 unspecified atom stereocenters. The summed E-state index contributed by atoms with van der Waals surface area (Å²) in [6, 6.07) is 10.1. The maximum absolute atomic E-state index is 6.07. The molecule has 0 bridgehead atoms. The Bertz CT molecular complexity index is 693. The van der Waals surface area contributed by atoms with Crippen molar-refractivity contribution in [2.75, 3.05) is 26.3 Å². The second-order valence-electron chi connectivity index (χ2n) is 7.78. The number of furan rings is 1. The van der Waals surface area contributed by atoms with Crippen LogP contribution in [0.4, 0.5) is 0 Å². The third-order valence-electron chi connectivity index (χ3n) is 5.66. The highest BCUT2D eigenvalue weighted by Gasteiger charge is 2.42. The van der Waals surface area contributed by atoms with Gasteiger partial charge in [0, 0.05) is 5.69 Å². The first kappa shape index (κ1) is 17.7. The SMILES string of the molecule is Cc1cccc(COCC2CC3(CCN(Cc4ccco4)CC3)CO2)n1. The van der Waals surface area contributed by atoms with Crippen LogP contribution in [0.1, 0.15) is 36.4 Å². The first-order valence-electron chi connectivity index (χ1n) is 9.57. The monoisotopic (exact) mass is 356 g/mol. The lowest BCUT2D eigenvalue weighted by Gasteiger charge is -2.38. The van der Waals surface area contributed by atoms with Crippen molar-refractivity contribution in [2.45, 2.75) is 45.4 Å². The topological polar surface area (TPSA) is 47.7 Å². The molecule has 140 valence electrons. The first-order valence-corrected chi connectivity index (χ1v) is 9.57. The van der Waals surface area contributed by atoms with Crippen molar-refractivity contribution in [1.29, 1.82) is 0 Å². The van der Waals surface area contributed by atoms with Gasteiger partial charge < -0.3 is 13.9 Å². The zero-order chi connectivity index (χ0) is 17.8. The van der Waals surface area contributed by atoms with Gasteiger partial charge in [0.05, 0.1) is 44.4 Å². The van der Waals surface area contributed by atoms with E-state index in [1.165, 1.54) is 12.8 Å². The number of rotatable bonds is 6. The molecule has 2 fully saturated rings. The molecule has 4 heterocycles. The summed E-state index contributed by atoms with van der Waals surface area (Å²) >= 11 is 0. The summed E-state index contributed by atoms with van der Waals surface area (Å²) in [6.07, 6.45) is 5.48. The predicted molar refractivity (Wildman–Crippen MR) is 98.6 cm³/mol. The van der Waals surface area contributed by atoms with Crippen LogP contribution in [0.2, 0.25) is 0 Å². The van der Waals surface area contributed by atoms with Gasteiger partial charge >= 0.3 is 0 Å². The minimum absolute atomic E-state index is 0.219. The molecule has 5 heteroatoms. The number of aryl methyl sites for hydroxylation is 1. The highest BCUT2D eigenvalue weighted by atomic mass is 16.5. The maximum atomic E-state index is 6.07. The molecule has 26 heavy (non-hydrogen) atoms. The molecule has 2 saturated heterocycles. The van der Waals surface area contributed by atoms with E-state index in [-0.39, 0.29) is 6.10 Å². The van der Waals surface area contributed by atoms with Crippen LogP contribution in [-0.4, -0.2) is 42.3 Å². The van der Waals surface area contributed by atoms with Gasteiger partial charge in [0.25, 0.3) is 0 Å². The van der Waals surface area contributed by atoms with Gasteiger partial charge in [-0.1, -0.05) is 6.07 Å². The normalized spacial score (nSPS) is 22.9. The lowest BCUT2D eigenvalue weighted by Crippen LogP contribution is -2.40. The van der Waals surface area contributed by atoms with Crippen LogP contribution in [0.3, 0.4) is 0 Å². The molecule has 4 rings (SSSR count). The number of hydrogen-bond acceptors (Lipinski definition) is 5. The smallest absolute Gasteiger partial charge is 0.117 e. The van der Waals surface area contributed by atoms with Crippen LogP contribution < -0.4 is 0 Å². The molecule has 0 amide bonds. The standard InChI is InChI=1S/C21H28N2O3/c1-17-4-2-5-18(22-17)14-24-15-20-12-21(16-26-20)7-9-23(10-8-21)13-19-6-3-11-25-19/h2-6,11,20H,7-10,12-16H2,1H3. The molecule has 2 aliphatic heterocycles. The fourth-order valence-corrected chi connectivity index (χ4v) is 4.13. The van der Waals surface area contributed by atoms with Crippen molar-refractivity contribution < 1.29 is 13.9 Å². The molecule has 1 spiro atoms. The van der Waals surface area contributed by atoms with Crippen molar-refractivity contribution >= 4 is 0 Å². The minimum atomic E-state index is 0.219. The fourth-order valence-electron chi connectivity index (χ4n) is 4.13. The summed E-state index contributed by atoms with van der Waals surface area (Å²) in [5.41, 5.74) is 2.36. The Balaban J connectivity index is 1.20. The Hall–Kier alpha value is -1.69. The summed E-state index contributed by atoms with van der Waals surface area (Å²) in [6.45, 7) is 7.25. The maximum Gasteiger partial charge on any atom is 0.117 e. The number of aromatic nitrogens is 1. The van der Waals surface area contributed by atoms with Gasteiger partial charge in [-0.3, -0.25) is 9.88 Å². The Kier molecular flexibility index (Phi) is 5.38. The fraction of sp³-hybridized carbons (Fsp3) is 0.571. The van der Waals surface area contributed by atoms with Gasteiger partial charge in [-0.05, 0) is 69.0 Å². The Morgan fingerprint density at radius 3 is 2.88 bits per heavy atom. The molecular formula is C21H28N2O3. The Morgan fingerprint density at radius 1 is 1.23 bits per heavy atom. The molecule has 1 atom stereocenters. The highest BCUT2D eigenvalue weighted by molar-refractivity contribution is 5.09. The average molecular weight is 356 g/mol. The summed E-state index contributed by atoms with van der Waals surface area (Å²) in [7, 11) is 0. The number of hydrogen-bond donors (Lipinski definition) is 0. The molecule has 5 nitrogen and oxygen atoms in total. The van der Waals surface area contributed by atoms with E-state index in [0.29, 0.717) is 18.6 Å². The lowest BCUT2D eigenvalue weighted by atomic mass is 9.76. The molecule has 0 aromatic carbocycles. The van der Waals surface area contributed by atoms with E-state index < -0.39 is 0 Å². The van der Waals surface area contributed by atoms with Gasteiger partial charge in [0.2, 0.25) is 0 Å². The van der Waals surface area contributed by atoms with E-state index in [2.05, 4.69) is 16.0 Å². The van der Waals surface area contributed by atoms with Crippen LogP contribution >= 0.6 is 0 Å². The predicted octanol–water partition coefficient (Wildman–Crippen LogP) is 3.57. The number of piperidine rings is 1. The molecular weight excluding hydrogens is 328 g/mol. The molecule has 0 radical (unpaired) electrons. The molecule has 0 N–H and O–H groups in total. The van der Waals surface area contributed by atoms with E-state index >= 15 is 0 Å². The quantitative estimate of drug-likeness (QED) is 0.792. The minimum Gasteiger partial charge on any atom is -0.468 e. The molecule has 2 aromatic heterocycles. The molecule has 0 aliphatic carbocycles. The highest BCUT2D eigenvalue weighted by Crippen LogP contribution is 2.42. The number of nitrogens with zero attached hydrogens (tertiary/aromatic N) is 2. The molecule has 0 saturated carbocycles. The van der Waals surface area contributed by atoms with Gasteiger partial charge in [-0.15, -0.1) is 0 Å². The van der Waals surface area contributed by atoms with E-state index in [4.69, 9.17) is 13.9 Å². The lowest BCUT2D eigenvalue weighted by molar-refractivity contribution is 0.00542. The second-order valence-corrected chi connectivity index (χ2v) is 7.78. The van der Waals surface area contributed by atoms with Crippen molar-refractivity contribution in [1.82, 2.24) is 9.88 Å². The third-order valence-corrected chi connectivity index (χ3v) is 5.66. The summed E-state index contributed by atoms with van der Waals surface area (Å²) in [4.78, 5) is 6.96. The van der Waals surface area contributed by atoms with Crippen LogP contribution in [0.5, 0.6) is 0 Å². The van der Waals surface area contributed by atoms with Gasteiger partial charge in [-0.25, -0.2) is 0 Å². The number of likely N-dealkylation sites (tertiary alicyclic amines) is 1. The van der Waals surface area contributed by atoms with Crippen LogP contribution in [0.15, 0.2) is 41.0 Å². The van der Waals surface area contributed by atoms with Crippen molar-refractivity contribution in [3.63, 3.8) is 0 Å². The number of ether oxygens (including phenoxy) is 2. The first-order chi connectivity index (χ1) is 12.7. The average Bonchev–Trinajstić information content (AvgIpc) is 3.28. The summed E-state index contributed by atoms with van der Waals surface area (Å²) in [5.74, 6) is 1.06. The zero-order valence-electron chi connectivity index (χ0n) is 15.5. The van der Waals surface area contributed by atoms with Gasteiger partial charge in [-0.2, -0.15) is 0 Å². The van der Waals surface area contributed by atoms with Gasteiger partial charge in [0.1, 0.15) is 5.76 Å². The van der Waals surface area contributed by atoms with Gasteiger partial charge in [0.15, 0.2) is 0 Å². The molecule has 2 aromatic rings. The van der Waals surface area contributed by atoms with E-state index in [0.717, 1.165) is 49.8 Å². The number of pyridine rings is 1. The second kappa shape index (κ2) is 7.91. The van der Waals surface area contributed by atoms with Crippen LogP contribution in [0.25, 0.3) is 0 Å². The van der Waals surface area contributed by atoms with E-state index in [9.17, 15) is 0 Å². The Morgan fingerprint density at radius 2 is 2.12 bits per heavy atom. The summed E-state index contributed by atoms with van der Waals surface area (Å²) in [5, 5.41) is 0. The molecule has 2 aliphatic rings.